The molecule has 0 saturated heterocycles. The second-order valence-electron chi connectivity index (χ2n) is 2.45. The number of rotatable bonds is 0. The van der Waals surface area contributed by atoms with E-state index < -0.39 is 0 Å². The molecular formula is C8H7IN. The predicted octanol–water partition coefficient (Wildman–Crippen LogP) is 1.91. The summed E-state index contributed by atoms with van der Waals surface area (Å²) in [7, 11) is 0. The standard InChI is InChI=1S/C8H7IN/c9-8-2-1-6-4-10-5-7(6)3-8/h1-3H,4-5H2. The zero-order valence-corrected chi connectivity index (χ0v) is 7.63. The average Bonchev–Trinajstić information content (AvgIpc) is 2.33. The van der Waals surface area contributed by atoms with Crippen LogP contribution < -0.4 is 5.32 Å². The molecule has 1 aliphatic rings. The van der Waals surface area contributed by atoms with Crippen LogP contribution >= 0.6 is 22.6 Å². The Hall–Kier alpha value is -0.0900. The van der Waals surface area contributed by atoms with Gasteiger partial charge in [0.05, 0.1) is 0 Å². The van der Waals surface area contributed by atoms with Gasteiger partial charge in [0.15, 0.2) is 0 Å². The van der Waals surface area contributed by atoms with Gasteiger partial charge in [-0.2, -0.15) is 0 Å². The minimum atomic E-state index is 0.923. The maximum Gasteiger partial charge on any atom is 0.0391 e. The van der Waals surface area contributed by atoms with Crippen molar-refractivity contribution >= 4 is 22.6 Å². The van der Waals surface area contributed by atoms with Crippen molar-refractivity contribution in [2.45, 2.75) is 13.1 Å². The fraction of sp³-hybridized carbons (Fsp3) is 0.250. The summed E-state index contributed by atoms with van der Waals surface area (Å²) in [5.41, 5.74) is 2.81. The number of hydrogen-bond acceptors (Lipinski definition) is 0. The van der Waals surface area contributed by atoms with Gasteiger partial charge in [-0.25, -0.2) is 5.32 Å². The zero-order valence-electron chi connectivity index (χ0n) is 5.47. The molecule has 1 radical (unpaired) electrons. The summed E-state index contributed by atoms with van der Waals surface area (Å²) in [5, 5.41) is 4.29. The van der Waals surface area contributed by atoms with Gasteiger partial charge in [-0.3, -0.25) is 0 Å². The van der Waals surface area contributed by atoms with Crippen molar-refractivity contribution in [1.82, 2.24) is 5.32 Å². The summed E-state index contributed by atoms with van der Waals surface area (Å²) >= 11 is 2.33. The van der Waals surface area contributed by atoms with E-state index in [9.17, 15) is 0 Å². The van der Waals surface area contributed by atoms with Gasteiger partial charge >= 0.3 is 0 Å². The smallest absolute Gasteiger partial charge is 0.0391 e. The molecule has 0 unspecified atom stereocenters. The van der Waals surface area contributed by atoms with Gasteiger partial charge in [0, 0.05) is 16.7 Å². The minimum Gasteiger partial charge on any atom is -0.232 e. The van der Waals surface area contributed by atoms with Gasteiger partial charge in [-0.15, -0.1) is 0 Å². The van der Waals surface area contributed by atoms with Crippen LogP contribution in [-0.4, -0.2) is 0 Å². The molecule has 0 spiro atoms. The van der Waals surface area contributed by atoms with E-state index in [0.29, 0.717) is 0 Å². The average molecular weight is 244 g/mol. The molecule has 0 amide bonds. The number of hydrogen-bond donors (Lipinski definition) is 0. The Labute approximate surface area is 74.0 Å². The highest BCUT2D eigenvalue weighted by Crippen LogP contribution is 2.18. The Kier molecular flexibility index (Phi) is 1.66. The van der Waals surface area contributed by atoms with Gasteiger partial charge in [0.25, 0.3) is 0 Å². The maximum absolute atomic E-state index is 4.29. The largest absolute Gasteiger partial charge is 0.232 e. The zero-order chi connectivity index (χ0) is 6.97. The van der Waals surface area contributed by atoms with E-state index in [4.69, 9.17) is 0 Å². The third kappa shape index (κ3) is 1.06. The van der Waals surface area contributed by atoms with E-state index >= 15 is 0 Å². The first-order valence-electron chi connectivity index (χ1n) is 3.27. The lowest BCUT2D eigenvalue weighted by atomic mass is 10.1. The lowest BCUT2D eigenvalue weighted by Crippen LogP contribution is -1.88. The van der Waals surface area contributed by atoms with Gasteiger partial charge in [0.1, 0.15) is 0 Å². The van der Waals surface area contributed by atoms with Crippen molar-refractivity contribution < 1.29 is 0 Å². The molecule has 1 aliphatic heterocycles. The van der Waals surface area contributed by atoms with Crippen LogP contribution in [0, 0.1) is 3.57 Å². The van der Waals surface area contributed by atoms with Crippen molar-refractivity contribution in [2.24, 2.45) is 0 Å². The highest BCUT2D eigenvalue weighted by Gasteiger charge is 2.09. The van der Waals surface area contributed by atoms with Gasteiger partial charge in [0.2, 0.25) is 0 Å². The van der Waals surface area contributed by atoms with Crippen LogP contribution in [0.5, 0.6) is 0 Å². The van der Waals surface area contributed by atoms with E-state index in [1.165, 1.54) is 14.7 Å². The Morgan fingerprint density at radius 1 is 1.20 bits per heavy atom. The van der Waals surface area contributed by atoms with Crippen molar-refractivity contribution in [3.8, 4) is 0 Å². The second-order valence-corrected chi connectivity index (χ2v) is 3.70. The third-order valence-electron chi connectivity index (χ3n) is 1.73. The van der Waals surface area contributed by atoms with Crippen LogP contribution in [0.15, 0.2) is 18.2 Å². The summed E-state index contributed by atoms with van der Waals surface area (Å²) in [6, 6.07) is 6.53. The predicted molar refractivity (Wildman–Crippen MR) is 48.7 cm³/mol. The molecule has 0 bridgehead atoms. The Balaban J connectivity index is 2.52. The Bertz CT molecular complexity index is 257. The Morgan fingerprint density at radius 3 is 2.90 bits per heavy atom. The molecule has 0 atom stereocenters. The van der Waals surface area contributed by atoms with Crippen molar-refractivity contribution in [3.05, 3.63) is 32.9 Å². The SMILES string of the molecule is Ic1ccc2c(c1)C[N]C2. The molecule has 2 rings (SSSR count). The van der Waals surface area contributed by atoms with Gasteiger partial charge < -0.3 is 0 Å². The van der Waals surface area contributed by atoms with Crippen LogP contribution in [0.1, 0.15) is 11.1 Å². The third-order valence-corrected chi connectivity index (χ3v) is 2.40. The number of benzene rings is 1. The Morgan fingerprint density at radius 2 is 2.00 bits per heavy atom. The van der Waals surface area contributed by atoms with E-state index in [-0.39, 0.29) is 0 Å². The first-order valence-corrected chi connectivity index (χ1v) is 4.35. The van der Waals surface area contributed by atoms with E-state index in [0.717, 1.165) is 13.1 Å². The molecule has 0 aliphatic carbocycles. The molecular weight excluding hydrogens is 237 g/mol. The molecule has 2 heteroatoms. The summed E-state index contributed by atoms with van der Waals surface area (Å²) in [6.07, 6.45) is 0. The highest BCUT2D eigenvalue weighted by atomic mass is 127. The molecule has 1 nitrogen and oxygen atoms in total. The van der Waals surface area contributed by atoms with Crippen LogP contribution in [-0.2, 0) is 13.1 Å². The maximum atomic E-state index is 4.29. The first kappa shape index (κ1) is 6.61. The lowest BCUT2D eigenvalue weighted by Gasteiger charge is -1.95. The highest BCUT2D eigenvalue weighted by molar-refractivity contribution is 14.1. The molecule has 0 fully saturated rings. The number of fused-ring (bicyclic) bond motifs is 1. The first-order chi connectivity index (χ1) is 4.86. The summed E-state index contributed by atoms with van der Waals surface area (Å²) < 4.78 is 1.31. The fourth-order valence-electron chi connectivity index (χ4n) is 1.19. The minimum absolute atomic E-state index is 0.923. The van der Waals surface area contributed by atoms with Crippen LogP contribution in [0.4, 0.5) is 0 Å². The molecule has 0 N–H and O–H groups in total. The normalized spacial score (nSPS) is 15.3. The molecule has 1 aromatic rings. The van der Waals surface area contributed by atoms with E-state index in [1.807, 2.05) is 0 Å². The van der Waals surface area contributed by atoms with Gasteiger partial charge in [-0.05, 0) is 45.9 Å². The summed E-state index contributed by atoms with van der Waals surface area (Å²) in [6.45, 7) is 1.85. The van der Waals surface area contributed by atoms with Crippen LogP contribution in [0.3, 0.4) is 0 Å². The molecule has 0 aromatic heterocycles. The van der Waals surface area contributed by atoms with Crippen LogP contribution in [0.2, 0.25) is 0 Å². The van der Waals surface area contributed by atoms with Crippen LogP contribution in [0.25, 0.3) is 0 Å². The quantitative estimate of drug-likeness (QED) is 0.619. The summed E-state index contributed by atoms with van der Waals surface area (Å²) in [4.78, 5) is 0. The topological polar surface area (TPSA) is 14.1 Å². The lowest BCUT2D eigenvalue weighted by molar-refractivity contribution is 0.746. The molecule has 1 aromatic carbocycles. The number of halogens is 1. The number of nitrogens with zero attached hydrogens (tertiary/aromatic N) is 1. The molecule has 10 heavy (non-hydrogen) atoms. The van der Waals surface area contributed by atoms with E-state index in [1.54, 1.807) is 0 Å². The molecule has 1 heterocycles. The monoisotopic (exact) mass is 244 g/mol. The van der Waals surface area contributed by atoms with Crippen molar-refractivity contribution in [3.63, 3.8) is 0 Å². The molecule has 51 valence electrons. The summed E-state index contributed by atoms with van der Waals surface area (Å²) in [5.74, 6) is 0. The van der Waals surface area contributed by atoms with E-state index in [2.05, 4.69) is 46.1 Å². The second kappa shape index (κ2) is 2.51. The van der Waals surface area contributed by atoms with Crippen molar-refractivity contribution in [2.75, 3.05) is 0 Å². The fourth-order valence-corrected chi connectivity index (χ4v) is 1.75. The molecule has 0 saturated carbocycles. The van der Waals surface area contributed by atoms with Gasteiger partial charge in [-0.1, -0.05) is 6.07 Å². The van der Waals surface area contributed by atoms with Crippen molar-refractivity contribution in [1.29, 1.82) is 0 Å².